The Bertz CT molecular complexity index is 1190. The summed E-state index contributed by atoms with van der Waals surface area (Å²) >= 11 is 0. The van der Waals surface area contributed by atoms with E-state index in [2.05, 4.69) is 19.2 Å². The van der Waals surface area contributed by atoms with Gasteiger partial charge in [-0.15, -0.1) is 0 Å². The number of methoxy groups -OCH3 is 2. The number of anilines is 2. The van der Waals surface area contributed by atoms with Crippen LogP contribution in [0.3, 0.4) is 0 Å². The first kappa shape index (κ1) is 24.1. The van der Waals surface area contributed by atoms with Crippen LogP contribution < -0.4 is 19.1 Å². The molecule has 0 aliphatic heterocycles. The lowest BCUT2D eigenvalue weighted by Crippen LogP contribution is -2.38. The number of carbonyl (C=O) groups is 1. The van der Waals surface area contributed by atoms with E-state index in [0.717, 1.165) is 9.87 Å². The molecule has 8 heteroatoms. The number of carbonyl (C=O) groups excluding carboxylic acids is 1. The number of benzene rings is 3. The van der Waals surface area contributed by atoms with E-state index in [1.165, 1.54) is 32.4 Å². The highest BCUT2D eigenvalue weighted by molar-refractivity contribution is 7.92. The molecule has 0 unspecified atom stereocenters. The van der Waals surface area contributed by atoms with E-state index >= 15 is 0 Å². The summed E-state index contributed by atoms with van der Waals surface area (Å²) in [5, 5.41) is 2.78. The number of rotatable bonds is 9. The minimum atomic E-state index is -4.08. The third kappa shape index (κ3) is 5.64. The zero-order valence-electron chi connectivity index (χ0n) is 19.1. The molecule has 0 aliphatic carbocycles. The summed E-state index contributed by atoms with van der Waals surface area (Å²) < 4.78 is 38.8. The van der Waals surface area contributed by atoms with Gasteiger partial charge >= 0.3 is 0 Å². The second-order valence-corrected chi connectivity index (χ2v) is 9.55. The van der Waals surface area contributed by atoms with Gasteiger partial charge in [0.1, 0.15) is 18.0 Å². The molecule has 0 bridgehead atoms. The van der Waals surface area contributed by atoms with Crippen molar-refractivity contribution in [1.29, 1.82) is 0 Å². The van der Waals surface area contributed by atoms with Gasteiger partial charge in [-0.1, -0.05) is 44.2 Å². The van der Waals surface area contributed by atoms with Crippen molar-refractivity contribution in [2.45, 2.75) is 24.7 Å². The predicted molar refractivity (Wildman–Crippen MR) is 130 cm³/mol. The van der Waals surface area contributed by atoms with Crippen LogP contribution in [-0.4, -0.2) is 35.1 Å². The normalized spacial score (nSPS) is 11.2. The second kappa shape index (κ2) is 10.4. The van der Waals surface area contributed by atoms with Crippen molar-refractivity contribution in [2.24, 2.45) is 0 Å². The highest BCUT2D eigenvalue weighted by Gasteiger charge is 2.30. The maximum absolute atomic E-state index is 13.6. The van der Waals surface area contributed by atoms with Crippen LogP contribution in [0.5, 0.6) is 11.5 Å². The first-order chi connectivity index (χ1) is 15.8. The fourth-order valence-corrected chi connectivity index (χ4v) is 4.74. The number of hydrogen-bond acceptors (Lipinski definition) is 5. The Morgan fingerprint density at radius 1 is 0.939 bits per heavy atom. The van der Waals surface area contributed by atoms with Gasteiger partial charge in [-0.25, -0.2) is 8.42 Å². The van der Waals surface area contributed by atoms with Gasteiger partial charge in [0, 0.05) is 11.8 Å². The molecule has 1 amide bonds. The van der Waals surface area contributed by atoms with Crippen molar-refractivity contribution < 1.29 is 22.7 Å². The van der Waals surface area contributed by atoms with Gasteiger partial charge < -0.3 is 14.8 Å². The van der Waals surface area contributed by atoms with Gasteiger partial charge in [0.25, 0.3) is 10.0 Å². The minimum absolute atomic E-state index is 0.0592. The SMILES string of the molecule is COc1ccc(OC)c(N(CC(=O)Nc2ccc(C(C)C)cc2)S(=O)(=O)c2ccccc2)c1. The third-order valence-electron chi connectivity index (χ3n) is 5.13. The first-order valence-electron chi connectivity index (χ1n) is 10.5. The van der Waals surface area contributed by atoms with Crippen molar-refractivity contribution in [1.82, 2.24) is 0 Å². The molecule has 0 radical (unpaired) electrons. The van der Waals surface area contributed by atoms with Crippen LogP contribution in [-0.2, 0) is 14.8 Å². The number of sulfonamides is 1. The number of nitrogens with zero attached hydrogens (tertiary/aromatic N) is 1. The van der Waals surface area contributed by atoms with Gasteiger partial charge in [0.05, 0.1) is 24.8 Å². The average Bonchev–Trinajstić information content (AvgIpc) is 2.83. The molecule has 7 nitrogen and oxygen atoms in total. The number of amides is 1. The van der Waals surface area contributed by atoms with Gasteiger partial charge in [0.15, 0.2) is 0 Å². The monoisotopic (exact) mass is 468 g/mol. The minimum Gasteiger partial charge on any atom is -0.497 e. The largest absolute Gasteiger partial charge is 0.497 e. The molecule has 3 rings (SSSR count). The summed E-state index contributed by atoms with van der Waals surface area (Å²) in [4.78, 5) is 13.0. The quantitative estimate of drug-likeness (QED) is 0.494. The molecule has 3 aromatic carbocycles. The van der Waals surface area contributed by atoms with E-state index in [-0.39, 0.29) is 10.6 Å². The Labute approximate surface area is 195 Å². The van der Waals surface area contributed by atoms with Gasteiger partial charge in [-0.2, -0.15) is 0 Å². The molecule has 33 heavy (non-hydrogen) atoms. The third-order valence-corrected chi connectivity index (χ3v) is 6.91. The fraction of sp³-hybridized carbons (Fsp3) is 0.240. The zero-order chi connectivity index (χ0) is 24.0. The van der Waals surface area contributed by atoms with Crippen molar-refractivity contribution in [3.05, 3.63) is 78.4 Å². The molecule has 3 aromatic rings. The summed E-state index contributed by atoms with van der Waals surface area (Å²) in [6, 6.07) is 20.2. The molecular formula is C25H28N2O5S. The van der Waals surface area contributed by atoms with Crippen LogP contribution in [0.15, 0.2) is 77.7 Å². The number of hydrogen-bond donors (Lipinski definition) is 1. The highest BCUT2D eigenvalue weighted by atomic mass is 32.2. The highest BCUT2D eigenvalue weighted by Crippen LogP contribution is 2.35. The Hall–Kier alpha value is -3.52. The lowest BCUT2D eigenvalue weighted by molar-refractivity contribution is -0.114. The zero-order valence-corrected chi connectivity index (χ0v) is 19.9. The number of ether oxygens (including phenoxy) is 2. The molecule has 0 spiro atoms. The van der Waals surface area contributed by atoms with Crippen LogP contribution in [0.2, 0.25) is 0 Å². The molecule has 0 aromatic heterocycles. The van der Waals surface area contributed by atoms with E-state index < -0.39 is 22.5 Å². The topological polar surface area (TPSA) is 84.9 Å². The van der Waals surface area contributed by atoms with E-state index in [1.807, 2.05) is 12.1 Å². The Morgan fingerprint density at radius 3 is 2.18 bits per heavy atom. The van der Waals surface area contributed by atoms with Crippen LogP contribution in [0.4, 0.5) is 11.4 Å². The molecule has 0 heterocycles. The predicted octanol–water partition coefficient (Wildman–Crippen LogP) is 4.66. The smallest absolute Gasteiger partial charge is 0.264 e. The van der Waals surface area contributed by atoms with Gasteiger partial charge in [-0.3, -0.25) is 9.10 Å². The molecule has 0 saturated carbocycles. The van der Waals surface area contributed by atoms with Crippen molar-refractivity contribution >= 4 is 27.3 Å². The summed E-state index contributed by atoms with van der Waals surface area (Å²) in [5.74, 6) is 0.603. The molecule has 0 atom stereocenters. The lowest BCUT2D eigenvalue weighted by atomic mass is 10.0. The maximum Gasteiger partial charge on any atom is 0.264 e. The molecule has 174 valence electrons. The number of nitrogens with one attached hydrogen (secondary N) is 1. The second-order valence-electron chi connectivity index (χ2n) is 7.69. The Balaban J connectivity index is 1.98. The van der Waals surface area contributed by atoms with Crippen LogP contribution in [0.1, 0.15) is 25.3 Å². The summed E-state index contributed by atoms with van der Waals surface area (Å²) in [5.41, 5.74) is 1.92. The summed E-state index contributed by atoms with van der Waals surface area (Å²) in [6.45, 7) is 3.72. The van der Waals surface area contributed by atoms with Crippen LogP contribution >= 0.6 is 0 Å². The van der Waals surface area contributed by atoms with Crippen LogP contribution in [0, 0.1) is 0 Å². The molecule has 0 aliphatic rings. The van der Waals surface area contributed by atoms with E-state index in [1.54, 1.807) is 42.5 Å². The summed E-state index contributed by atoms with van der Waals surface area (Å²) in [7, 11) is -1.16. The standard InChI is InChI=1S/C25H28N2O5S/c1-18(2)19-10-12-20(13-11-19)26-25(28)17-27(33(29,30)22-8-6-5-7-9-22)23-16-21(31-3)14-15-24(23)32-4/h5-16,18H,17H2,1-4H3,(H,26,28). The lowest BCUT2D eigenvalue weighted by Gasteiger charge is -2.26. The van der Waals surface area contributed by atoms with Crippen molar-refractivity contribution in [3.8, 4) is 11.5 Å². The summed E-state index contributed by atoms with van der Waals surface area (Å²) in [6.07, 6.45) is 0. The van der Waals surface area contributed by atoms with Crippen molar-refractivity contribution in [2.75, 3.05) is 30.4 Å². The van der Waals surface area contributed by atoms with E-state index in [9.17, 15) is 13.2 Å². The Morgan fingerprint density at radius 2 is 1.61 bits per heavy atom. The van der Waals surface area contributed by atoms with Gasteiger partial charge in [-0.05, 0) is 47.9 Å². The van der Waals surface area contributed by atoms with E-state index in [4.69, 9.17) is 9.47 Å². The molecule has 1 N–H and O–H groups in total. The fourth-order valence-electron chi connectivity index (χ4n) is 3.29. The molecule has 0 fully saturated rings. The molecule has 0 saturated heterocycles. The van der Waals surface area contributed by atoms with E-state index in [0.29, 0.717) is 23.1 Å². The first-order valence-corrected chi connectivity index (χ1v) is 11.9. The molecular weight excluding hydrogens is 440 g/mol. The van der Waals surface area contributed by atoms with Crippen LogP contribution in [0.25, 0.3) is 0 Å². The van der Waals surface area contributed by atoms with Gasteiger partial charge in [0.2, 0.25) is 5.91 Å². The Kier molecular flexibility index (Phi) is 7.60. The van der Waals surface area contributed by atoms with Crippen molar-refractivity contribution in [3.63, 3.8) is 0 Å². The maximum atomic E-state index is 13.6. The average molecular weight is 469 g/mol.